The van der Waals surface area contributed by atoms with Crippen LogP contribution in [0.15, 0.2) is 45.8 Å². The highest BCUT2D eigenvalue weighted by atomic mass is 79.9. The van der Waals surface area contributed by atoms with Gasteiger partial charge in [-0.2, -0.15) is 0 Å². The second kappa shape index (κ2) is 6.96. The molecule has 0 fully saturated rings. The van der Waals surface area contributed by atoms with Crippen molar-refractivity contribution >= 4 is 31.7 Å². The molecule has 1 aromatic carbocycles. The molecule has 122 valence electrons. The number of hydrogen-bond donors (Lipinski definition) is 0. The van der Waals surface area contributed by atoms with Crippen LogP contribution in [-0.4, -0.2) is 37.1 Å². The van der Waals surface area contributed by atoms with Crippen LogP contribution in [0.3, 0.4) is 0 Å². The van der Waals surface area contributed by atoms with Crippen molar-refractivity contribution in [1.82, 2.24) is 4.90 Å². The van der Waals surface area contributed by atoms with E-state index in [2.05, 4.69) is 22.5 Å². The molecule has 0 bridgehead atoms. The lowest BCUT2D eigenvalue weighted by Gasteiger charge is -2.31. The topological polar surface area (TPSA) is 54.5 Å². The zero-order valence-corrected chi connectivity index (χ0v) is 15.8. The molecular weight excluding hydrogens is 366 g/mol. The maximum absolute atomic E-state index is 12.8. The third kappa shape index (κ3) is 3.79. The summed E-state index contributed by atoms with van der Waals surface area (Å²) in [5.74, 6) is -0.416. The molecule has 0 atom stereocenters. The Bertz CT molecular complexity index is 663. The molecule has 4 nitrogen and oxygen atoms in total. The van der Waals surface area contributed by atoms with Crippen molar-refractivity contribution in [3.63, 3.8) is 0 Å². The van der Waals surface area contributed by atoms with Crippen LogP contribution < -0.4 is 0 Å². The fourth-order valence-electron chi connectivity index (χ4n) is 2.06. The van der Waals surface area contributed by atoms with E-state index in [1.165, 1.54) is 30.9 Å². The van der Waals surface area contributed by atoms with E-state index in [9.17, 15) is 13.2 Å². The minimum atomic E-state index is -3.79. The number of halogens is 1. The molecule has 1 aromatic rings. The van der Waals surface area contributed by atoms with E-state index in [1.807, 2.05) is 13.8 Å². The monoisotopic (exact) mass is 387 g/mol. The molecule has 22 heavy (non-hydrogen) atoms. The fraction of sp³-hybridized carbons (Fsp3) is 0.438. The maximum atomic E-state index is 12.8. The van der Waals surface area contributed by atoms with Gasteiger partial charge in [-0.3, -0.25) is 4.79 Å². The fourth-order valence-corrected chi connectivity index (χ4v) is 3.76. The Balaban J connectivity index is 3.22. The van der Waals surface area contributed by atoms with Crippen LogP contribution in [0.5, 0.6) is 0 Å². The molecule has 0 saturated carbocycles. The Kier molecular flexibility index (Phi) is 5.98. The van der Waals surface area contributed by atoms with Crippen LogP contribution in [0, 0.1) is 0 Å². The molecule has 0 heterocycles. The average molecular weight is 388 g/mol. The molecule has 0 aliphatic carbocycles. The van der Waals surface area contributed by atoms with E-state index in [-0.39, 0.29) is 4.90 Å². The number of carbonyl (C=O) groups excluding carboxylic acids is 1. The van der Waals surface area contributed by atoms with Gasteiger partial charge in [-0.15, -0.1) is 0 Å². The van der Waals surface area contributed by atoms with Crippen LogP contribution in [0.2, 0.25) is 0 Å². The number of hydrogen-bond acceptors (Lipinski definition) is 3. The summed E-state index contributed by atoms with van der Waals surface area (Å²) in [6.07, 6.45) is 0. The van der Waals surface area contributed by atoms with Crippen molar-refractivity contribution < 1.29 is 13.2 Å². The molecule has 1 amide bonds. The highest BCUT2D eigenvalue weighted by molar-refractivity contribution is 9.10. The zero-order valence-electron chi connectivity index (χ0n) is 13.4. The SMILES string of the molecule is C=C(C)CN(CC)C(=O)C(C)(C)S(=O)(=O)c1ccc(Br)cc1. The third-order valence-corrected chi connectivity index (χ3v) is 6.38. The Labute approximate surface area is 141 Å². The van der Waals surface area contributed by atoms with E-state index in [0.717, 1.165) is 10.0 Å². The Hall–Kier alpha value is -1.14. The number of carbonyl (C=O) groups is 1. The molecule has 0 aliphatic heterocycles. The summed E-state index contributed by atoms with van der Waals surface area (Å²) in [6.45, 7) is 11.1. The van der Waals surface area contributed by atoms with Gasteiger partial charge in [0.05, 0.1) is 4.90 Å². The third-order valence-electron chi connectivity index (χ3n) is 3.44. The Morgan fingerprint density at radius 2 is 1.77 bits per heavy atom. The summed E-state index contributed by atoms with van der Waals surface area (Å²) in [4.78, 5) is 14.4. The van der Waals surface area contributed by atoms with Gasteiger partial charge in [0.15, 0.2) is 9.84 Å². The number of nitrogens with zero attached hydrogens (tertiary/aromatic N) is 1. The van der Waals surface area contributed by atoms with Crippen molar-refractivity contribution in [3.05, 3.63) is 40.9 Å². The molecule has 1 rings (SSSR count). The highest BCUT2D eigenvalue weighted by Crippen LogP contribution is 2.28. The predicted molar refractivity (Wildman–Crippen MR) is 92.5 cm³/mol. The molecule has 0 aromatic heterocycles. The molecule has 0 spiro atoms. The maximum Gasteiger partial charge on any atom is 0.244 e. The van der Waals surface area contributed by atoms with Gasteiger partial charge in [0.1, 0.15) is 4.75 Å². The van der Waals surface area contributed by atoms with E-state index in [0.29, 0.717) is 13.1 Å². The predicted octanol–water partition coefficient (Wildman–Crippen LogP) is 3.43. The number of likely N-dealkylation sites (N-methyl/N-ethyl adjacent to an activating group) is 1. The van der Waals surface area contributed by atoms with Crippen LogP contribution >= 0.6 is 15.9 Å². The van der Waals surface area contributed by atoms with Crippen LogP contribution in [0.4, 0.5) is 0 Å². The lowest BCUT2D eigenvalue weighted by atomic mass is 10.1. The quantitative estimate of drug-likeness (QED) is 0.702. The second-order valence-corrected chi connectivity index (χ2v) is 9.16. The summed E-state index contributed by atoms with van der Waals surface area (Å²) in [5.41, 5.74) is 0.812. The summed E-state index contributed by atoms with van der Waals surface area (Å²) in [5, 5.41) is 0. The first-order chi connectivity index (χ1) is 10.0. The number of sulfone groups is 1. The van der Waals surface area contributed by atoms with Crippen molar-refractivity contribution in [1.29, 1.82) is 0 Å². The zero-order chi connectivity index (χ0) is 17.1. The lowest BCUT2D eigenvalue weighted by Crippen LogP contribution is -2.50. The minimum Gasteiger partial charge on any atom is -0.338 e. The Morgan fingerprint density at radius 1 is 1.27 bits per heavy atom. The first-order valence-electron chi connectivity index (χ1n) is 6.98. The second-order valence-electron chi connectivity index (χ2n) is 5.74. The van der Waals surface area contributed by atoms with Gasteiger partial charge in [-0.1, -0.05) is 28.1 Å². The summed E-state index contributed by atoms with van der Waals surface area (Å²) in [7, 11) is -3.79. The number of rotatable bonds is 6. The minimum absolute atomic E-state index is 0.139. The molecule has 0 unspecified atom stereocenters. The van der Waals surface area contributed by atoms with Crippen molar-refractivity contribution in [2.24, 2.45) is 0 Å². The molecule has 6 heteroatoms. The smallest absolute Gasteiger partial charge is 0.244 e. The van der Waals surface area contributed by atoms with Gasteiger partial charge >= 0.3 is 0 Å². The van der Waals surface area contributed by atoms with Gasteiger partial charge in [-0.05, 0) is 52.0 Å². The molecule has 0 N–H and O–H groups in total. The molecule has 0 saturated heterocycles. The Morgan fingerprint density at radius 3 is 2.18 bits per heavy atom. The molecular formula is C16H22BrNO3S. The van der Waals surface area contributed by atoms with Crippen molar-refractivity contribution in [3.8, 4) is 0 Å². The number of benzene rings is 1. The molecule has 0 aliphatic rings. The normalized spacial score (nSPS) is 12.0. The van der Waals surface area contributed by atoms with Gasteiger partial charge in [0.2, 0.25) is 5.91 Å². The van der Waals surface area contributed by atoms with Gasteiger partial charge in [-0.25, -0.2) is 8.42 Å². The number of amides is 1. The highest BCUT2D eigenvalue weighted by Gasteiger charge is 2.44. The lowest BCUT2D eigenvalue weighted by molar-refractivity contribution is -0.132. The van der Waals surface area contributed by atoms with Gasteiger partial charge in [0, 0.05) is 17.6 Å². The average Bonchev–Trinajstić information content (AvgIpc) is 2.44. The van der Waals surface area contributed by atoms with Gasteiger partial charge in [0.25, 0.3) is 0 Å². The summed E-state index contributed by atoms with van der Waals surface area (Å²) in [6, 6.07) is 6.31. The van der Waals surface area contributed by atoms with Crippen LogP contribution in [0.1, 0.15) is 27.7 Å². The van der Waals surface area contributed by atoms with E-state index in [1.54, 1.807) is 12.1 Å². The first-order valence-corrected chi connectivity index (χ1v) is 9.25. The van der Waals surface area contributed by atoms with Crippen molar-refractivity contribution in [2.75, 3.05) is 13.1 Å². The van der Waals surface area contributed by atoms with Gasteiger partial charge < -0.3 is 4.90 Å². The largest absolute Gasteiger partial charge is 0.338 e. The van der Waals surface area contributed by atoms with E-state index >= 15 is 0 Å². The van der Waals surface area contributed by atoms with Crippen LogP contribution in [-0.2, 0) is 14.6 Å². The van der Waals surface area contributed by atoms with E-state index in [4.69, 9.17) is 0 Å². The van der Waals surface area contributed by atoms with E-state index < -0.39 is 20.5 Å². The summed E-state index contributed by atoms with van der Waals surface area (Å²) >= 11 is 3.27. The first kappa shape index (κ1) is 18.9. The van der Waals surface area contributed by atoms with Crippen LogP contribution in [0.25, 0.3) is 0 Å². The standard InChI is InChI=1S/C16H22BrNO3S/c1-6-18(11-12(2)3)15(19)16(4,5)22(20,21)14-9-7-13(17)8-10-14/h7-10H,2,6,11H2,1,3-5H3. The summed E-state index contributed by atoms with van der Waals surface area (Å²) < 4.78 is 24.9. The molecule has 0 radical (unpaired) electrons. The van der Waals surface area contributed by atoms with Crippen molar-refractivity contribution in [2.45, 2.75) is 37.3 Å².